The first-order valence-electron chi connectivity index (χ1n) is 7.49. The zero-order valence-corrected chi connectivity index (χ0v) is 13.8. The van der Waals surface area contributed by atoms with Gasteiger partial charge in [0.05, 0.1) is 12.1 Å². The molecule has 0 unspecified atom stereocenters. The van der Waals surface area contributed by atoms with Gasteiger partial charge < -0.3 is 15.0 Å². The SMILES string of the molecule is O=C(Cc1ccc2c(c1)NC(=O)CO2)Nc1nc2nc(Cl)[nH]c2c(=O)[nH]1. The lowest BCUT2D eigenvalue weighted by molar-refractivity contribution is -0.118. The van der Waals surface area contributed by atoms with Crippen LogP contribution in [-0.4, -0.2) is 38.4 Å². The van der Waals surface area contributed by atoms with E-state index in [0.717, 1.165) is 0 Å². The second-order valence-corrected chi connectivity index (χ2v) is 5.89. The molecule has 2 aromatic heterocycles. The lowest BCUT2D eigenvalue weighted by Gasteiger charge is -2.18. The Morgan fingerprint density at radius 2 is 2.12 bits per heavy atom. The van der Waals surface area contributed by atoms with Gasteiger partial charge in [0.1, 0.15) is 5.75 Å². The second-order valence-electron chi connectivity index (χ2n) is 5.53. The molecule has 2 amide bonds. The molecule has 1 aliphatic rings. The van der Waals surface area contributed by atoms with Crippen molar-refractivity contribution in [3.63, 3.8) is 0 Å². The normalized spacial score (nSPS) is 13.0. The molecule has 1 aromatic carbocycles. The van der Waals surface area contributed by atoms with E-state index in [4.69, 9.17) is 16.3 Å². The third-order valence-corrected chi connectivity index (χ3v) is 3.81. The van der Waals surface area contributed by atoms with Gasteiger partial charge in [-0.15, -0.1) is 0 Å². The number of nitrogens with one attached hydrogen (secondary N) is 4. The largest absolute Gasteiger partial charge is 0.482 e. The van der Waals surface area contributed by atoms with Crippen molar-refractivity contribution in [1.82, 2.24) is 19.9 Å². The number of carbonyl (C=O) groups excluding carboxylic acids is 2. The van der Waals surface area contributed by atoms with Gasteiger partial charge in [-0.1, -0.05) is 6.07 Å². The molecule has 4 rings (SSSR count). The van der Waals surface area contributed by atoms with Crippen LogP contribution < -0.4 is 20.9 Å². The van der Waals surface area contributed by atoms with Gasteiger partial charge in [0.15, 0.2) is 17.8 Å². The van der Waals surface area contributed by atoms with Gasteiger partial charge in [-0.3, -0.25) is 24.7 Å². The number of hydrogen-bond acceptors (Lipinski definition) is 6. The Labute approximate surface area is 149 Å². The van der Waals surface area contributed by atoms with Crippen LogP contribution in [0, 0.1) is 0 Å². The highest BCUT2D eigenvalue weighted by Crippen LogP contribution is 2.28. The van der Waals surface area contributed by atoms with Crippen molar-refractivity contribution in [2.75, 3.05) is 17.2 Å². The fourth-order valence-electron chi connectivity index (χ4n) is 2.54. The first-order valence-corrected chi connectivity index (χ1v) is 7.87. The quantitative estimate of drug-likeness (QED) is 0.500. The summed E-state index contributed by atoms with van der Waals surface area (Å²) in [6.07, 6.45) is 0.00617. The summed E-state index contributed by atoms with van der Waals surface area (Å²) in [5.74, 6) is -0.158. The Morgan fingerprint density at radius 3 is 2.96 bits per heavy atom. The Balaban J connectivity index is 1.51. The van der Waals surface area contributed by atoms with Crippen molar-refractivity contribution >= 4 is 46.2 Å². The number of benzene rings is 1. The smallest absolute Gasteiger partial charge is 0.278 e. The van der Waals surface area contributed by atoms with Gasteiger partial charge in [-0.05, 0) is 29.3 Å². The number of carbonyl (C=O) groups is 2. The second kappa shape index (κ2) is 6.15. The van der Waals surface area contributed by atoms with E-state index in [2.05, 4.69) is 30.6 Å². The van der Waals surface area contributed by atoms with Gasteiger partial charge >= 0.3 is 0 Å². The van der Waals surface area contributed by atoms with E-state index in [9.17, 15) is 14.4 Å². The van der Waals surface area contributed by atoms with E-state index in [-0.39, 0.29) is 41.3 Å². The zero-order valence-electron chi connectivity index (χ0n) is 13.1. The minimum atomic E-state index is -0.502. The Morgan fingerprint density at radius 1 is 1.27 bits per heavy atom. The summed E-state index contributed by atoms with van der Waals surface area (Å²) in [5, 5.41) is 5.20. The van der Waals surface area contributed by atoms with E-state index in [1.807, 2.05) is 0 Å². The number of nitrogens with zero attached hydrogens (tertiary/aromatic N) is 2. The fraction of sp³-hybridized carbons (Fsp3) is 0.133. The van der Waals surface area contributed by atoms with Crippen LogP contribution in [0.25, 0.3) is 11.2 Å². The number of aromatic nitrogens is 4. The lowest BCUT2D eigenvalue weighted by atomic mass is 10.1. The summed E-state index contributed by atoms with van der Waals surface area (Å²) < 4.78 is 5.26. The minimum absolute atomic E-state index is 0.00617. The molecule has 3 aromatic rings. The monoisotopic (exact) mass is 374 g/mol. The number of amides is 2. The molecular weight excluding hydrogens is 364 g/mol. The van der Waals surface area contributed by atoms with E-state index >= 15 is 0 Å². The maximum atomic E-state index is 12.2. The number of rotatable bonds is 3. The third kappa shape index (κ3) is 3.09. The van der Waals surface area contributed by atoms with Crippen LogP contribution in [0.3, 0.4) is 0 Å². The van der Waals surface area contributed by atoms with E-state index in [0.29, 0.717) is 17.0 Å². The standard InChI is InChI=1S/C15H11ClN6O4/c16-14-19-11-12(20-14)21-15(22-13(11)25)18-9(23)4-6-1-2-8-7(3-6)17-10(24)5-26-8/h1-3H,4-5H2,(H,17,24)(H3,18,19,20,21,22,23,25). The van der Waals surface area contributed by atoms with Crippen molar-refractivity contribution in [1.29, 1.82) is 0 Å². The molecule has 3 heterocycles. The predicted molar refractivity (Wildman–Crippen MR) is 92.4 cm³/mol. The minimum Gasteiger partial charge on any atom is -0.482 e. The number of anilines is 2. The molecule has 10 nitrogen and oxygen atoms in total. The molecule has 0 bridgehead atoms. The van der Waals surface area contributed by atoms with Crippen molar-refractivity contribution in [3.8, 4) is 5.75 Å². The Hall–Kier alpha value is -3.40. The van der Waals surface area contributed by atoms with Gasteiger partial charge in [0.25, 0.3) is 11.5 Å². The van der Waals surface area contributed by atoms with Crippen LogP contribution in [0.15, 0.2) is 23.0 Å². The molecule has 132 valence electrons. The Kier molecular flexibility index (Phi) is 3.81. The predicted octanol–water partition coefficient (Wildman–Crippen LogP) is 0.812. The maximum Gasteiger partial charge on any atom is 0.278 e. The molecule has 0 atom stereocenters. The van der Waals surface area contributed by atoms with E-state index in [1.54, 1.807) is 18.2 Å². The topological polar surface area (TPSA) is 142 Å². The molecule has 0 radical (unpaired) electrons. The number of H-pyrrole nitrogens is 2. The van der Waals surface area contributed by atoms with Crippen LogP contribution in [0.5, 0.6) is 5.75 Å². The molecule has 1 aliphatic heterocycles. The summed E-state index contributed by atoms with van der Waals surface area (Å²) in [6.45, 7) is -0.0362. The summed E-state index contributed by atoms with van der Waals surface area (Å²) in [6, 6.07) is 5.04. The summed E-state index contributed by atoms with van der Waals surface area (Å²) >= 11 is 5.70. The molecule has 0 spiro atoms. The van der Waals surface area contributed by atoms with E-state index < -0.39 is 11.5 Å². The number of ether oxygens (including phenoxy) is 1. The summed E-state index contributed by atoms with van der Waals surface area (Å²) in [5.41, 5.74) is 0.878. The van der Waals surface area contributed by atoms with Crippen LogP contribution in [0.1, 0.15) is 5.56 Å². The first kappa shape index (κ1) is 16.1. The number of aromatic amines is 2. The van der Waals surface area contributed by atoms with Gasteiger partial charge in [0, 0.05) is 0 Å². The van der Waals surface area contributed by atoms with Gasteiger partial charge in [-0.25, -0.2) is 0 Å². The maximum absolute atomic E-state index is 12.2. The molecule has 0 aliphatic carbocycles. The van der Waals surface area contributed by atoms with Gasteiger partial charge in [0.2, 0.25) is 17.1 Å². The molecule has 4 N–H and O–H groups in total. The fourth-order valence-corrected chi connectivity index (χ4v) is 2.71. The molecule has 0 saturated carbocycles. The van der Waals surface area contributed by atoms with Crippen LogP contribution in [0.4, 0.5) is 11.6 Å². The molecule has 26 heavy (non-hydrogen) atoms. The van der Waals surface area contributed by atoms with Crippen molar-refractivity contribution in [2.24, 2.45) is 0 Å². The third-order valence-electron chi connectivity index (χ3n) is 3.63. The summed E-state index contributed by atoms with van der Waals surface area (Å²) in [7, 11) is 0. The number of imidazole rings is 1. The van der Waals surface area contributed by atoms with Crippen LogP contribution in [-0.2, 0) is 16.0 Å². The van der Waals surface area contributed by atoms with E-state index in [1.165, 1.54) is 0 Å². The first-order chi connectivity index (χ1) is 12.5. The average molecular weight is 375 g/mol. The molecular formula is C15H11ClN6O4. The van der Waals surface area contributed by atoms with Crippen LogP contribution in [0.2, 0.25) is 5.28 Å². The zero-order chi connectivity index (χ0) is 18.3. The molecule has 0 fully saturated rings. The van der Waals surface area contributed by atoms with Crippen molar-refractivity contribution in [3.05, 3.63) is 39.4 Å². The molecule has 11 heteroatoms. The van der Waals surface area contributed by atoms with Crippen molar-refractivity contribution in [2.45, 2.75) is 6.42 Å². The summed E-state index contributed by atoms with van der Waals surface area (Å²) in [4.78, 5) is 48.4. The van der Waals surface area contributed by atoms with Crippen molar-refractivity contribution < 1.29 is 14.3 Å². The lowest BCUT2D eigenvalue weighted by Crippen LogP contribution is -2.25. The Bertz CT molecular complexity index is 1110. The average Bonchev–Trinajstić information content (AvgIpc) is 2.95. The van der Waals surface area contributed by atoms with Gasteiger partial charge in [-0.2, -0.15) is 9.97 Å². The number of halogens is 1. The number of hydrogen-bond donors (Lipinski definition) is 4. The number of fused-ring (bicyclic) bond motifs is 2. The van der Waals surface area contributed by atoms with Crippen LogP contribution >= 0.6 is 11.6 Å². The molecule has 0 saturated heterocycles. The highest BCUT2D eigenvalue weighted by atomic mass is 35.5. The highest BCUT2D eigenvalue weighted by Gasteiger charge is 2.17. The highest BCUT2D eigenvalue weighted by molar-refractivity contribution is 6.29.